The molecule has 1 aliphatic heterocycles. The summed E-state index contributed by atoms with van der Waals surface area (Å²) in [6.07, 6.45) is 3.76. The number of aromatic nitrogens is 3. The molecule has 2 aromatic heterocycles. The molecule has 6 heteroatoms. The quantitative estimate of drug-likeness (QED) is 0.773. The highest BCUT2D eigenvalue weighted by Crippen LogP contribution is 2.32. The van der Waals surface area contributed by atoms with Crippen LogP contribution in [-0.4, -0.2) is 33.5 Å². The molecule has 0 bridgehead atoms. The number of likely N-dealkylation sites (tertiary alicyclic amines) is 1. The van der Waals surface area contributed by atoms with E-state index in [2.05, 4.69) is 25.9 Å². The number of nitrogens with zero attached hydrogens (tertiary/aromatic N) is 2. The number of nitrogens with one attached hydrogen (secondary N) is 2. The third-order valence-electron chi connectivity index (χ3n) is 4.68. The van der Waals surface area contributed by atoms with E-state index in [9.17, 15) is 4.79 Å². The second-order valence-electron chi connectivity index (χ2n) is 6.21. The summed E-state index contributed by atoms with van der Waals surface area (Å²) < 4.78 is 5.29. The topological polar surface area (TPSA) is 74.0 Å². The zero-order valence-corrected chi connectivity index (χ0v) is 13.6. The van der Waals surface area contributed by atoms with Gasteiger partial charge in [-0.25, -0.2) is 9.78 Å². The van der Waals surface area contributed by atoms with Gasteiger partial charge in [0.15, 0.2) is 0 Å². The van der Waals surface area contributed by atoms with Gasteiger partial charge in [-0.15, -0.1) is 0 Å². The number of benzene rings is 1. The van der Waals surface area contributed by atoms with Crippen molar-refractivity contribution in [3.63, 3.8) is 0 Å². The van der Waals surface area contributed by atoms with Gasteiger partial charge in [0.1, 0.15) is 5.75 Å². The number of rotatable bonds is 4. The lowest BCUT2D eigenvalue weighted by atomic mass is 10.1. The summed E-state index contributed by atoms with van der Waals surface area (Å²) >= 11 is 0. The molecule has 0 aliphatic carbocycles. The van der Waals surface area contributed by atoms with E-state index in [-0.39, 0.29) is 11.7 Å². The van der Waals surface area contributed by atoms with Crippen LogP contribution in [0.1, 0.15) is 30.3 Å². The highest BCUT2D eigenvalue weighted by molar-refractivity contribution is 5.81. The van der Waals surface area contributed by atoms with E-state index in [1.54, 1.807) is 13.3 Å². The van der Waals surface area contributed by atoms with Crippen LogP contribution in [0.25, 0.3) is 10.9 Å². The summed E-state index contributed by atoms with van der Waals surface area (Å²) in [6.45, 7) is 1.85. The average Bonchev–Trinajstić information content (AvgIpc) is 3.20. The summed E-state index contributed by atoms with van der Waals surface area (Å²) in [4.78, 5) is 23.9. The van der Waals surface area contributed by atoms with Gasteiger partial charge >= 0.3 is 5.69 Å². The maximum absolute atomic E-state index is 11.5. The number of aromatic amines is 2. The van der Waals surface area contributed by atoms with Crippen molar-refractivity contribution in [2.45, 2.75) is 25.4 Å². The lowest BCUT2D eigenvalue weighted by Crippen LogP contribution is -2.25. The second-order valence-corrected chi connectivity index (χ2v) is 6.21. The lowest BCUT2D eigenvalue weighted by molar-refractivity contribution is 0.241. The monoisotopic (exact) mass is 324 g/mol. The van der Waals surface area contributed by atoms with Crippen molar-refractivity contribution < 1.29 is 4.74 Å². The first-order valence-corrected chi connectivity index (χ1v) is 8.18. The summed E-state index contributed by atoms with van der Waals surface area (Å²) in [5.74, 6) is 0.862. The van der Waals surface area contributed by atoms with Gasteiger partial charge in [-0.3, -0.25) is 4.90 Å². The normalized spacial score (nSPS) is 18.3. The number of H-pyrrole nitrogens is 2. The van der Waals surface area contributed by atoms with Crippen LogP contribution in [0.15, 0.2) is 41.3 Å². The minimum atomic E-state index is -0.281. The minimum Gasteiger partial charge on any atom is -0.497 e. The molecule has 0 saturated carbocycles. The highest BCUT2D eigenvalue weighted by Gasteiger charge is 2.27. The zero-order valence-electron chi connectivity index (χ0n) is 13.6. The molecule has 2 N–H and O–H groups in total. The van der Waals surface area contributed by atoms with Gasteiger partial charge in [-0.2, -0.15) is 0 Å². The molecule has 0 spiro atoms. The summed E-state index contributed by atoms with van der Waals surface area (Å²) in [6, 6.07) is 10.4. The smallest absolute Gasteiger partial charge is 0.345 e. The SMILES string of the molecule is COc1ccc2[nH]c(CN3CCC[C@H]3c3ccnc(=O)[nH]3)cc2c1. The molecule has 0 amide bonds. The van der Waals surface area contributed by atoms with E-state index in [1.807, 2.05) is 24.3 Å². The number of hydrogen-bond acceptors (Lipinski definition) is 4. The van der Waals surface area contributed by atoms with Gasteiger partial charge in [0.05, 0.1) is 13.2 Å². The number of ether oxygens (including phenoxy) is 1. The standard InChI is InChI=1S/C18H20N4O2/c1-24-14-4-5-15-12(10-14)9-13(20-15)11-22-8-2-3-17(22)16-6-7-19-18(23)21-16/h4-7,9-10,17,20H,2-3,8,11H2,1H3,(H,19,21,23)/t17-/m0/s1. The van der Waals surface area contributed by atoms with Crippen molar-refractivity contribution in [3.8, 4) is 5.75 Å². The van der Waals surface area contributed by atoms with Crippen molar-refractivity contribution in [1.29, 1.82) is 0 Å². The fourth-order valence-corrected chi connectivity index (χ4v) is 3.55. The molecule has 6 nitrogen and oxygen atoms in total. The molecule has 4 rings (SSSR count). The molecule has 124 valence electrons. The first-order chi connectivity index (χ1) is 11.7. The molecule has 1 atom stereocenters. The van der Waals surface area contributed by atoms with Gasteiger partial charge in [-0.05, 0) is 49.7 Å². The Balaban J connectivity index is 1.58. The zero-order chi connectivity index (χ0) is 16.5. The maximum Gasteiger partial charge on any atom is 0.345 e. The van der Waals surface area contributed by atoms with Crippen LogP contribution in [0.3, 0.4) is 0 Å². The van der Waals surface area contributed by atoms with E-state index >= 15 is 0 Å². The Morgan fingerprint density at radius 3 is 3.04 bits per heavy atom. The van der Waals surface area contributed by atoms with E-state index in [0.717, 1.165) is 48.3 Å². The fourth-order valence-electron chi connectivity index (χ4n) is 3.55. The van der Waals surface area contributed by atoms with Gasteiger partial charge in [-0.1, -0.05) is 0 Å². The predicted octanol–water partition coefficient (Wildman–Crippen LogP) is 2.60. The Labute approximate surface area is 139 Å². The van der Waals surface area contributed by atoms with E-state index < -0.39 is 0 Å². The molecule has 3 heterocycles. The molecule has 1 fully saturated rings. The van der Waals surface area contributed by atoms with Crippen LogP contribution in [0.4, 0.5) is 0 Å². The summed E-state index contributed by atoms with van der Waals surface area (Å²) in [7, 11) is 1.68. The molecular weight excluding hydrogens is 304 g/mol. The molecule has 1 saturated heterocycles. The molecule has 0 unspecified atom stereocenters. The molecule has 3 aromatic rings. The Hall–Kier alpha value is -2.60. The molecule has 24 heavy (non-hydrogen) atoms. The van der Waals surface area contributed by atoms with Gasteiger partial charge < -0.3 is 14.7 Å². The minimum absolute atomic E-state index is 0.238. The molecule has 1 aromatic carbocycles. The third-order valence-corrected chi connectivity index (χ3v) is 4.68. The van der Waals surface area contributed by atoms with Crippen LogP contribution >= 0.6 is 0 Å². The maximum atomic E-state index is 11.5. The van der Waals surface area contributed by atoms with Gasteiger partial charge in [0.2, 0.25) is 0 Å². The lowest BCUT2D eigenvalue weighted by Gasteiger charge is -2.23. The van der Waals surface area contributed by atoms with Crippen molar-refractivity contribution >= 4 is 10.9 Å². The Morgan fingerprint density at radius 2 is 2.21 bits per heavy atom. The fraction of sp³-hybridized carbons (Fsp3) is 0.333. The molecule has 1 aliphatic rings. The van der Waals surface area contributed by atoms with Crippen LogP contribution < -0.4 is 10.4 Å². The Bertz CT molecular complexity index is 915. The third kappa shape index (κ3) is 2.80. The Morgan fingerprint density at radius 1 is 1.29 bits per heavy atom. The van der Waals surface area contributed by atoms with E-state index in [0.29, 0.717) is 0 Å². The predicted molar refractivity (Wildman–Crippen MR) is 92.1 cm³/mol. The molecule has 0 radical (unpaired) electrons. The largest absolute Gasteiger partial charge is 0.497 e. The number of hydrogen-bond donors (Lipinski definition) is 2. The first-order valence-electron chi connectivity index (χ1n) is 8.18. The second kappa shape index (κ2) is 6.13. The van der Waals surface area contributed by atoms with Crippen LogP contribution in [0.5, 0.6) is 5.75 Å². The Kier molecular flexibility index (Phi) is 3.82. The number of methoxy groups -OCH3 is 1. The van der Waals surface area contributed by atoms with Crippen molar-refractivity contribution in [2.24, 2.45) is 0 Å². The highest BCUT2D eigenvalue weighted by atomic mass is 16.5. The summed E-state index contributed by atoms with van der Waals surface area (Å²) in [5.41, 5.74) is 2.95. The number of fused-ring (bicyclic) bond motifs is 1. The van der Waals surface area contributed by atoms with Crippen molar-refractivity contribution in [1.82, 2.24) is 19.9 Å². The average molecular weight is 324 g/mol. The summed E-state index contributed by atoms with van der Waals surface area (Å²) in [5, 5.41) is 1.15. The van der Waals surface area contributed by atoms with Crippen LogP contribution in [0, 0.1) is 0 Å². The van der Waals surface area contributed by atoms with Gasteiger partial charge in [0.25, 0.3) is 0 Å². The van der Waals surface area contributed by atoms with E-state index in [1.165, 1.54) is 5.69 Å². The first kappa shape index (κ1) is 15.0. The van der Waals surface area contributed by atoms with Crippen LogP contribution in [0.2, 0.25) is 0 Å². The van der Waals surface area contributed by atoms with E-state index in [4.69, 9.17) is 4.74 Å². The van der Waals surface area contributed by atoms with Crippen LogP contribution in [-0.2, 0) is 6.54 Å². The van der Waals surface area contributed by atoms with Gasteiger partial charge in [0, 0.05) is 35.0 Å². The van der Waals surface area contributed by atoms with Crippen molar-refractivity contribution in [3.05, 3.63) is 58.4 Å². The van der Waals surface area contributed by atoms with Crippen molar-refractivity contribution in [2.75, 3.05) is 13.7 Å². The molecular formula is C18H20N4O2.